The molecular weight excluding hydrogens is 276 g/mol. The van der Waals surface area contributed by atoms with Gasteiger partial charge in [-0.3, -0.25) is 4.68 Å². The predicted octanol–water partition coefficient (Wildman–Crippen LogP) is 2.29. The van der Waals surface area contributed by atoms with E-state index in [2.05, 4.69) is 31.3 Å². The Bertz CT molecular complexity index is 397. The molecule has 1 N–H and O–H groups in total. The van der Waals surface area contributed by atoms with Crippen LogP contribution in [0.1, 0.15) is 5.69 Å². The highest BCUT2D eigenvalue weighted by atomic mass is 79.9. The van der Waals surface area contributed by atoms with Crippen molar-refractivity contribution in [3.05, 3.63) is 27.9 Å². The highest BCUT2D eigenvalue weighted by Crippen LogP contribution is 2.19. The van der Waals surface area contributed by atoms with Gasteiger partial charge in [-0.05, 0) is 22.0 Å². The molecule has 4 nitrogen and oxygen atoms in total. The molecule has 0 aliphatic heterocycles. The first-order valence-corrected chi connectivity index (χ1v) is 6.25. The van der Waals surface area contributed by atoms with Crippen molar-refractivity contribution in [3.8, 4) is 0 Å². The largest absolute Gasteiger partial charge is 0.361 e. The van der Waals surface area contributed by atoms with E-state index in [1.807, 2.05) is 29.4 Å². The molecule has 0 aliphatic rings. The summed E-state index contributed by atoms with van der Waals surface area (Å²) in [5, 5.41) is 10.5. The van der Waals surface area contributed by atoms with Crippen molar-refractivity contribution in [1.29, 1.82) is 0 Å². The average Bonchev–Trinajstić information content (AvgIpc) is 2.76. The number of thiazole rings is 1. The van der Waals surface area contributed by atoms with E-state index in [1.165, 1.54) is 0 Å². The molecule has 0 fully saturated rings. The second-order valence-corrected chi connectivity index (χ2v) is 4.80. The van der Waals surface area contributed by atoms with Crippen molar-refractivity contribution in [1.82, 2.24) is 14.8 Å². The van der Waals surface area contributed by atoms with Gasteiger partial charge in [0.05, 0.1) is 5.69 Å². The van der Waals surface area contributed by atoms with Gasteiger partial charge in [0.25, 0.3) is 0 Å². The Balaban J connectivity index is 1.80. The summed E-state index contributed by atoms with van der Waals surface area (Å²) >= 11 is 4.91. The van der Waals surface area contributed by atoms with Crippen LogP contribution in [0.5, 0.6) is 0 Å². The molecule has 0 atom stereocenters. The van der Waals surface area contributed by atoms with Gasteiger partial charge in [-0.15, -0.1) is 11.3 Å². The number of hydrogen-bond acceptors (Lipinski definition) is 4. The fraction of sp³-hybridized carbons (Fsp3) is 0.333. The number of aromatic nitrogens is 3. The van der Waals surface area contributed by atoms with Gasteiger partial charge in [0, 0.05) is 31.6 Å². The Hall–Kier alpha value is -0.880. The van der Waals surface area contributed by atoms with Crippen molar-refractivity contribution in [2.45, 2.75) is 6.42 Å². The summed E-state index contributed by atoms with van der Waals surface area (Å²) in [4.78, 5) is 4.25. The molecule has 0 bridgehead atoms. The van der Waals surface area contributed by atoms with E-state index in [1.54, 1.807) is 11.3 Å². The number of rotatable bonds is 4. The fourth-order valence-electron chi connectivity index (χ4n) is 1.23. The molecule has 6 heteroatoms. The van der Waals surface area contributed by atoms with Crippen LogP contribution < -0.4 is 5.32 Å². The van der Waals surface area contributed by atoms with E-state index in [9.17, 15) is 0 Å². The maximum atomic E-state index is 4.30. The van der Waals surface area contributed by atoms with E-state index < -0.39 is 0 Å². The standard InChI is InChI=1S/C9H11BrN4S/c1-14-5-3-7(13-14)2-4-11-9-12-8(10)6-15-9/h3,5-6H,2,4H2,1H3,(H,11,12). The zero-order valence-electron chi connectivity index (χ0n) is 8.27. The summed E-state index contributed by atoms with van der Waals surface area (Å²) in [6.45, 7) is 0.858. The van der Waals surface area contributed by atoms with E-state index in [0.717, 1.165) is 28.4 Å². The molecule has 2 aromatic rings. The number of nitrogens with zero attached hydrogens (tertiary/aromatic N) is 3. The van der Waals surface area contributed by atoms with E-state index in [0.29, 0.717) is 0 Å². The highest BCUT2D eigenvalue weighted by Gasteiger charge is 1.99. The van der Waals surface area contributed by atoms with E-state index >= 15 is 0 Å². The minimum absolute atomic E-state index is 0.858. The van der Waals surface area contributed by atoms with Crippen molar-refractivity contribution in [2.75, 3.05) is 11.9 Å². The molecule has 0 spiro atoms. The fourth-order valence-corrected chi connectivity index (χ4v) is 2.40. The number of halogens is 1. The third-order valence-electron chi connectivity index (χ3n) is 1.90. The van der Waals surface area contributed by atoms with Gasteiger partial charge in [-0.1, -0.05) is 0 Å². The summed E-state index contributed by atoms with van der Waals surface area (Å²) in [5.74, 6) is 0. The first kappa shape index (κ1) is 10.6. The Morgan fingerprint density at radius 2 is 2.47 bits per heavy atom. The van der Waals surface area contributed by atoms with Crippen molar-refractivity contribution >= 4 is 32.4 Å². The minimum Gasteiger partial charge on any atom is -0.361 e. The highest BCUT2D eigenvalue weighted by molar-refractivity contribution is 9.10. The monoisotopic (exact) mass is 286 g/mol. The smallest absolute Gasteiger partial charge is 0.183 e. The molecular formula is C9H11BrN4S. The predicted molar refractivity (Wildman–Crippen MR) is 65.2 cm³/mol. The van der Waals surface area contributed by atoms with Gasteiger partial charge >= 0.3 is 0 Å². The average molecular weight is 287 g/mol. The molecule has 0 unspecified atom stereocenters. The van der Waals surface area contributed by atoms with Gasteiger partial charge in [-0.25, -0.2) is 4.98 Å². The minimum atomic E-state index is 0.858. The van der Waals surface area contributed by atoms with Crippen LogP contribution in [0.3, 0.4) is 0 Å². The van der Waals surface area contributed by atoms with Gasteiger partial charge in [0.2, 0.25) is 0 Å². The van der Waals surface area contributed by atoms with Crippen LogP contribution >= 0.6 is 27.3 Å². The first-order valence-electron chi connectivity index (χ1n) is 4.57. The molecule has 2 aromatic heterocycles. The molecule has 0 amide bonds. The SMILES string of the molecule is Cn1ccc(CCNc2nc(Br)cs2)n1. The molecule has 0 aliphatic carbocycles. The maximum absolute atomic E-state index is 4.30. The molecule has 2 rings (SSSR count). The Kier molecular flexibility index (Phi) is 3.37. The lowest BCUT2D eigenvalue weighted by molar-refractivity contribution is 0.742. The van der Waals surface area contributed by atoms with Crippen molar-refractivity contribution in [3.63, 3.8) is 0 Å². The van der Waals surface area contributed by atoms with E-state index in [4.69, 9.17) is 0 Å². The molecule has 15 heavy (non-hydrogen) atoms. The van der Waals surface area contributed by atoms with Crippen LogP contribution in [0.25, 0.3) is 0 Å². The number of hydrogen-bond donors (Lipinski definition) is 1. The topological polar surface area (TPSA) is 42.7 Å². The van der Waals surface area contributed by atoms with Crippen LogP contribution in [0, 0.1) is 0 Å². The quantitative estimate of drug-likeness (QED) is 0.938. The van der Waals surface area contributed by atoms with E-state index in [-0.39, 0.29) is 0 Å². The maximum Gasteiger partial charge on any atom is 0.183 e. The molecule has 0 radical (unpaired) electrons. The number of nitrogens with one attached hydrogen (secondary N) is 1. The summed E-state index contributed by atoms with van der Waals surface area (Å²) in [6, 6.07) is 2.03. The van der Waals surface area contributed by atoms with Crippen molar-refractivity contribution < 1.29 is 0 Å². The number of aryl methyl sites for hydroxylation is 1. The zero-order valence-corrected chi connectivity index (χ0v) is 10.7. The second kappa shape index (κ2) is 4.76. The molecule has 80 valence electrons. The third-order valence-corrected chi connectivity index (χ3v) is 3.41. The van der Waals surface area contributed by atoms with Crippen LogP contribution in [-0.4, -0.2) is 21.3 Å². The van der Waals surface area contributed by atoms with Gasteiger partial charge in [0.1, 0.15) is 4.60 Å². The van der Waals surface area contributed by atoms with Gasteiger partial charge < -0.3 is 5.32 Å². The normalized spacial score (nSPS) is 10.5. The lowest BCUT2D eigenvalue weighted by Crippen LogP contribution is -2.05. The third kappa shape index (κ3) is 3.04. The first-order chi connectivity index (χ1) is 7.24. The summed E-state index contributed by atoms with van der Waals surface area (Å²) in [7, 11) is 1.93. The number of anilines is 1. The Morgan fingerprint density at radius 3 is 3.07 bits per heavy atom. The lowest BCUT2D eigenvalue weighted by Gasteiger charge is -1.99. The van der Waals surface area contributed by atoms with Gasteiger partial charge in [0.15, 0.2) is 5.13 Å². The molecule has 0 saturated heterocycles. The molecule has 2 heterocycles. The second-order valence-electron chi connectivity index (χ2n) is 3.13. The summed E-state index contributed by atoms with van der Waals surface area (Å²) < 4.78 is 2.70. The van der Waals surface area contributed by atoms with Crippen LogP contribution in [-0.2, 0) is 13.5 Å². The molecule has 0 aromatic carbocycles. The van der Waals surface area contributed by atoms with Gasteiger partial charge in [-0.2, -0.15) is 5.10 Å². The van der Waals surface area contributed by atoms with Crippen LogP contribution in [0.15, 0.2) is 22.2 Å². The Labute approximate surface area is 100 Å². The zero-order chi connectivity index (χ0) is 10.7. The summed E-state index contributed by atoms with van der Waals surface area (Å²) in [6.07, 6.45) is 2.87. The molecule has 0 saturated carbocycles. The summed E-state index contributed by atoms with van der Waals surface area (Å²) in [5.41, 5.74) is 1.10. The Morgan fingerprint density at radius 1 is 1.60 bits per heavy atom. The lowest BCUT2D eigenvalue weighted by atomic mass is 10.3. The van der Waals surface area contributed by atoms with Crippen molar-refractivity contribution in [2.24, 2.45) is 7.05 Å². The van der Waals surface area contributed by atoms with Crippen LogP contribution in [0.2, 0.25) is 0 Å². The van der Waals surface area contributed by atoms with Crippen LogP contribution in [0.4, 0.5) is 5.13 Å².